The maximum atomic E-state index is 5.26. The van der Waals surface area contributed by atoms with Crippen molar-refractivity contribution in [1.82, 2.24) is 15.2 Å². The maximum absolute atomic E-state index is 5.26. The number of methoxy groups -OCH3 is 1. The second-order valence-electron chi connectivity index (χ2n) is 7.03. The van der Waals surface area contributed by atoms with Gasteiger partial charge < -0.3 is 20.3 Å². The number of nitrogens with zero attached hydrogens (tertiary/aromatic N) is 3. The fraction of sp³-hybridized carbons (Fsp3) is 0.455. The Balaban J connectivity index is 0.00000300. The molecule has 2 aromatic rings. The van der Waals surface area contributed by atoms with Crippen molar-refractivity contribution in [2.75, 3.05) is 45.7 Å². The summed E-state index contributed by atoms with van der Waals surface area (Å²) in [5.74, 6) is 3.40. The number of hydrogen-bond acceptors (Lipinski definition) is 4. The van der Waals surface area contributed by atoms with Gasteiger partial charge in [0.05, 0.1) is 7.11 Å². The van der Waals surface area contributed by atoms with Gasteiger partial charge >= 0.3 is 0 Å². The number of aliphatic imine (C=N–C) groups is 1. The topological polar surface area (TPSA) is 61.8 Å². The van der Waals surface area contributed by atoms with Crippen LogP contribution in [0.2, 0.25) is 0 Å². The Labute approximate surface area is 191 Å². The number of rotatable bonds is 8. The van der Waals surface area contributed by atoms with Crippen LogP contribution >= 0.6 is 24.0 Å². The summed E-state index contributed by atoms with van der Waals surface area (Å²) in [5, 5.41) is 6.86. The van der Waals surface area contributed by atoms with Gasteiger partial charge in [-0.2, -0.15) is 0 Å². The minimum Gasteiger partial charge on any atom is -0.497 e. The molecule has 1 aliphatic heterocycles. The summed E-state index contributed by atoms with van der Waals surface area (Å²) in [4.78, 5) is 11.1. The van der Waals surface area contributed by atoms with Crippen LogP contribution in [0.25, 0.3) is 0 Å². The zero-order valence-electron chi connectivity index (χ0n) is 17.3. The molecule has 2 heterocycles. The van der Waals surface area contributed by atoms with Crippen LogP contribution in [0.1, 0.15) is 30.7 Å². The van der Waals surface area contributed by atoms with Gasteiger partial charge in [-0.15, -0.1) is 24.0 Å². The van der Waals surface area contributed by atoms with Crippen molar-refractivity contribution in [2.24, 2.45) is 4.99 Å². The Kier molecular flexibility index (Phi) is 10.0. The number of hydrogen-bond donors (Lipinski definition) is 2. The molecule has 0 amide bonds. The van der Waals surface area contributed by atoms with Crippen LogP contribution in [0.4, 0.5) is 5.82 Å². The molecule has 29 heavy (non-hydrogen) atoms. The van der Waals surface area contributed by atoms with E-state index in [0.717, 1.165) is 63.0 Å². The molecule has 1 unspecified atom stereocenters. The predicted octanol–water partition coefficient (Wildman–Crippen LogP) is 3.97. The smallest absolute Gasteiger partial charge is 0.193 e. The molecule has 0 bridgehead atoms. The molecule has 1 saturated heterocycles. The standard InChI is InChI=1S/C22H31N5O.HI/c1-23-22(26-15-6-5-14-25-21-7-3-4-13-24-21)27-16-12-19(17-27)18-8-10-20(28-2)11-9-18;/h3-4,7-11,13,19H,5-6,12,14-17H2,1-2H3,(H,23,26)(H,24,25);1H. The molecule has 1 atom stereocenters. The lowest BCUT2D eigenvalue weighted by molar-refractivity contribution is 0.414. The number of pyridine rings is 1. The van der Waals surface area contributed by atoms with Crippen LogP contribution in [0, 0.1) is 0 Å². The molecule has 0 radical (unpaired) electrons. The molecule has 2 N–H and O–H groups in total. The van der Waals surface area contributed by atoms with Crippen LogP contribution in [-0.2, 0) is 0 Å². The first-order chi connectivity index (χ1) is 13.8. The fourth-order valence-corrected chi connectivity index (χ4v) is 3.57. The Morgan fingerprint density at radius 1 is 1.17 bits per heavy atom. The zero-order chi connectivity index (χ0) is 19.6. The van der Waals surface area contributed by atoms with Crippen molar-refractivity contribution < 1.29 is 4.74 Å². The third-order valence-electron chi connectivity index (χ3n) is 5.14. The number of aromatic nitrogens is 1. The summed E-state index contributed by atoms with van der Waals surface area (Å²) in [6.07, 6.45) is 5.15. The summed E-state index contributed by atoms with van der Waals surface area (Å²) in [6, 6.07) is 14.4. The highest BCUT2D eigenvalue weighted by Gasteiger charge is 2.25. The van der Waals surface area contributed by atoms with E-state index >= 15 is 0 Å². The lowest BCUT2D eigenvalue weighted by atomic mass is 9.98. The Morgan fingerprint density at radius 3 is 2.66 bits per heavy atom. The fourth-order valence-electron chi connectivity index (χ4n) is 3.57. The van der Waals surface area contributed by atoms with Gasteiger partial charge in [0.15, 0.2) is 5.96 Å². The van der Waals surface area contributed by atoms with Gasteiger partial charge in [0.2, 0.25) is 0 Å². The lowest BCUT2D eigenvalue weighted by Gasteiger charge is -2.22. The summed E-state index contributed by atoms with van der Waals surface area (Å²) in [7, 11) is 3.57. The van der Waals surface area contributed by atoms with E-state index in [2.05, 4.69) is 37.6 Å². The van der Waals surface area contributed by atoms with E-state index in [0.29, 0.717) is 5.92 Å². The number of nitrogens with one attached hydrogen (secondary N) is 2. The van der Waals surface area contributed by atoms with Crippen molar-refractivity contribution in [3.05, 3.63) is 54.2 Å². The molecule has 0 aliphatic carbocycles. The van der Waals surface area contributed by atoms with Gasteiger partial charge in [-0.3, -0.25) is 4.99 Å². The number of halogens is 1. The molecular formula is C22H32IN5O. The molecule has 1 aliphatic rings. The quantitative estimate of drug-likeness (QED) is 0.244. The minimum absolute atomic E-state index is 0. The van der Waals surface area contributed by atoms with Crippen LogP contribution in [0.5, 0.6) is 5.75 Å². The molecule has 1 aromatic heterocycles. The lowest BCUT2D eigenvalue weighted by Crippen LogP contribution is -2.40. The van der Waals surface area contributed by atoms with Gasteiger partial charge in [-0.1, -0.05) is 18.2 Å². The average molecular weight is 509 g/mol. The molecule has 1 aromatic carbocycles. The second kappa shape index (κ2) is 12.5. The number of unbranched alkanes of at least 4 members (excludes halogenated alkanes) is 1. The average Bonchev–Trinajstić information content (AvgIpc) is 3.24. The van der Waals surface area contributed by atoms with Crippen LogP contribution in [0.15, 0.2) is 53.7 Å². The van der Waals surface area contributed by atoms with Crippen LogP contribution < -0.4 is 15.4 Å². The summed E-state index contributed by atoms with van der Waals surface area (Å²) >= 11 is 0. The maximum Gasteiger partial charge on any atom is 0.193 e. The molecule has 158 valence electrons. The Morgan fingerprint density at radius 2 is 1.97 bits per heavy atom. The second-order valence-corrected chi connectivity index (χ2v) is 7.03. The van der Waals surface area contributed by atoms with Gasteiger partial charge in [-0.05, 0) is 49.1 Å². The van der Waals surface area contributed by atoms with E-state index in [1.807, 2.05) is 43.6 Å². The number of anilines is 1. The number of benzene rings is 1. The molecule has 0 spiro atoms. The van der Waals surface area contributed by atoms with Crippen molar-refractivity contribution in [1.29, 1.82) is 0 Å². The van der Waals surface area contributed by atoms with E-state index in [-0.39, 0.29) is 24.0 Å². The number of ether oxygens (including phenoxy) is 1. The van der Waals surface area contributed by atoms with Crippen molar-refractivity contribution >= 4 is 35.8 Å². The third kappa shape index (κ3) is 7.06. The molecule has 6 nitrogen and oxygen atoms in total. The Bertz CT molecular complexity index is 739. The van der Waals surface area contributed by atoms with Crippen LogP contribution in [0.3, 0.4) is 0 Å². The van der Waals surface area contributed by atoms with Crippen molar-refractivity contribution in [2.45, 2.75) is 25.2 Å². The third-order valence-corrected chi connectivity index (χ3v) is 5.14. The molecule has 7 heteroatoms. The minimum atomic E-state index is 0. The van der Waals surface area contributed by atoms with Crippen molar-refractivity contribution in [3.63, 3.8) is 0 Å². The molecular weight excluding hydrogens is 477 g/mol. The van der Waals surface area contributed by atoms with Gasteiger partial charge in [-0.25, -0.2) is 4.98 Å². The first kappa shape index (κ1) is 23.3. The molecule has 3 rings (SSSR count). The summed E-state index contributed by atoms with van der Waals surface area (Å²) in [6.45, 7) is 3.91. The summed E-state index contributed by atoms with van der Waals surface area (Å²) in [5.41, 5.74) is 1.37. The normalized spacial score (nSPS) is 16.3. The van der Waals surface area contributed by atoms with E-state index in [1.54, 1.807) is 7.11 Å². The van der Waals surface area contributed by atoms with Gasteiger partial charge in [0.1, 0.15) is 11.6 Å². The van der Waals surface area contributed by atoms with E-state index in [4.69, 9.17) is 4.74 Å². The zero-order valence-corrected chi connectivity index (χ0v) is 19.6. The highest BCUT2D eigenvalue weighted by molar-refractivity contribution is 14.0. The molecule has 0 saturated carbocycles. The first-order valence-corrected chi connectivity index (χ1v) is 10.0. The highest BCUT2D eigenvalue weighted by atomic mass is 127. The summed E-state index contributed by atoms with van der Waals surface area (Å²) < 4.78 is 5.26. The van der Waals surface area contributed by atoms with E-state index in [1.165, 1.54) is 5.56 Å². The van der Waals surface area contributed by atoms with E-state index in [9.17, 15) is 0 Å². The largest absolute Gasteiger partial charge is 0.497 e. The van der Waals surface area contributed by atoms with Gasteiger partial charge in [0, 0.05) is 45.3 Å². The number of guanidine groups is 1. The SMILES string of the molecule is CN=C(NCCCCNc1ccccn1)N1CCC(c2ccc(OC)cc2)C1.I. The highest BCUT2D eigenvalue weighted by Crippen LogP contribution is 2.28. The predicted molar refractivity (Wildman–Crippen MR) is 131 cm³/mol. The number of likely N-dealkylation sites (tertiary alicyclic amines) is 1. The van der Waals surface area contributed by atoms with Gasteiger partial charge in [0.25, 0.3) is 0 Å². The Hall–Kier alpha value is -2.03. The van der Waals surface area contributed by atoms with E-state index < -0.39 is 0 Å². The molecule has 1 fully saturated rings. The first-order valence-electron chi connectivity index (χ1n) is 10.0. The van der Waals surface area contributed by atoms with Crippen LogP contribution in [-0.4, -0.2) is 56.2 Å². The monoisotopic (exact) mass is 509 g/mol. The van der Waals surface area contributed by atoms with Crippen molar-refractivity contribution in [3.8, 4) is 5.75 Å².